The van der Waals surface area contributed by atoms with E-state index in [-0.39, 0.29) is 0 Å². The second-order valence-electron chi connectivity index (χ2n) is 4.55. The third-order valence-corrected chi connectivity index (χ3v) is 3.62. The van der Waals surface area contributed by atoms with E-state index in [0.717, 1.165) is 10.1 Å². The molecular weight excluding hydrogens is 281 g/mol. The van der Waals surface area contributed by atoms with Gasteiger partial charge in [0.2, 0.25) is 0 Å². The van der Waals surface area contributed by atoms with E-state index in [0.29, 0.717) is 23.6 Å². The highest BCUT2D eigenvalue weighted by Gasteiger charge is 2.28. The van der Waals surface area contributed by atoms with Gasteiger partial charge >= 0.3 is 0 Å². The van der Waals surface area contributed by atoms with Crippen LogP contribution in [0, 0.1) is 16.7 Å². The lowest BCUT2D eigenvalue weighted by molar-refractivity contribution is 0.506. The van der Waals surface area contributed by atoms with Gasteiger partial charge in [0.15, 0.2) is 0 Å². The highest BCUT2D eigenvalue weighted by molar-refractivity contribution is 6.31. The Morgan fingerprint density at radius 3 is 2.53 bits per heavy atom. The molecule has 0 saturated heterocycles. The minimum Gasteiger partial charge on any atom is -0.232 e. The summed E-state index contributed by atoms with van der Waals surface area (Å²) in [5.74, 6) is 5.43. The van der Waals surface area contributed by atoms with Crippen LogP contribution >= 0.6 is 23.4 Å². The number of hydrogen-bond acceptors (Lipinski definition) is 3. The lowest BCUT2D eigenvalue weighted by atomic mass is 9.78. The molecule has 1 aromatic carbocycles. The fourth-order valence-electron chi connectivity index (χ4n) is 2.03. The highest BCUT2D eigenvalue weighted by atomic mass is 35.5. The summed E-state index contributed by atoms with van der Waals surface area (Å²) in [4.78, 5) is 0. The van der Waals surface area contributed by atoms with Gasteiger partial charge in [0.25, 0.3) is 0 Å². The first-order valence-corrected chi connectivity index (χ1v) is 6.52. The molecule has 19 heavy (non-hydrogen) atoms. The van der Waals surface area contributed by atoms with Gasteiger partial charge in [-0.25, -0.2) is 10.4 Å². The van der Waals surface area contributed by atoms with Crippen LogP contribution in [0.1, 0.15) is 12.0 Å². The molecule has 1 aliphatic carbocycles. The summed E-state index contributed by atoms with van der Waals surface area (Å²) in [5.41, 5.74) is 1.24. The second kappa shape index (κ2) is 5.66. The summed E-state index contributed by atoms with van der Waals surface area (Å²) < 4.78 is 1.03. The Morgan fingerprint density at radius 1 is 1.37 bits per heavy atom. The van der Waals surface area contributed by atoms with Gasteiger partial charge in [-0.2, -0.15) is 5.26 Å². The van der Waals surface area contributed by atoms with E-state index in [1.807, 2.05) is 36.4 Å². The first kappa shape index (κ1) is 14.0. The van der Waals surface area contributed by atoms with E-state index < -0.39 is 5.41 Å². The first-order valence-electron chi connectivity index (χ1n) is 5.80. The van der Waals surface area contributed by atoms with Gasteiger partial charge < -0.3 is 0 Å². The van der Waals surface area contributed by atoms with E-state index >= 15 is 0 Å². The van der Waals surface area contributed by atoms with Gasteiger partial charge in [-0.05, 0) is 36.6 Å². The molecule has 5 heteroatoms. The maximum atomic E-state index is 9.41. The topological polar surface area (TPSA) is 53.0 Å². The Balaban J connectivity index is 2.16. The van der Waals surface area contributed by atoms with E-state index in [9.17, 15) is 5.26 Å². The Hall–Kier alpha value is -1.47. The molecule has 0 aliphatic heterocycles. The minimum atomic E-state index is -0.525. The summed E-state index contributed by atoms with van der Waals surface area (Å²) >= 11 is 11.5. The number of halogens is 2. The van der Waals surface area contributed by atoms with Crippen molar-refractivity contribution >= 4 is 29.1 Å². The van der Waals surface area contributed by atoms with Crippen LogP contribution in [0.2, 0.25) is 0 Å². The van der Waals surface area contributed by atoms with Crippen molar-refractivity contribution in [3.05, 3.63) is 53.1 Å². The molecular formula is C14H13Cl2N3. The van der Waals surface area contributed by atoms with Gasteiger partial charge in [0.1, 0.15) is 0 Å². The van der Waals surface area contributed by atoms with Crippen molar-refractivity contribution in [2.75, 3.05) is 4.53 Å². The molecule has 2 N–H and O–H groups in total. The van der Waals surface area contributed by atoms with Crippen LogP contribution in [0.4, 0.5) is 5.69 Å². The molecule has 1 aromatic rings. The number of rotatable bonds is 3. The molecule has 2 rings (SSSR count). The number of nitrogens with zero attached hydrogens (tertiary/aromatic N) is 2. The van der Waals surface area contributed by atoms with Crippen molar-refractivity contribution in [3.63, 3.8) is 0 Å². The molecule has 1 aliphatic rings. The Morgan fingerprint density at radius 2 is 2.05 bits per heavy atom. The zero-order valence-electron chi connectivity index (χ0n) is 10.2. The van der Waals surface area contributed by atoms with Crippen molar-refractivity contribution < 1.29 is 0 Å². The molecule has 0 spiro atoms. The van der Waals surface area contributed by atoms with E-state index in [2.05, 4.69) is 6.07 Å². The fourth-order valence-corrected chi connectivity index (χ4v) is 2.28. The second-order valence-corrected chi connectivity index (χ2v) is 5.35. The van der Waals surface area contributed by atoms with Crippen LogP contribution in [-0.4, -0.2) is 0 Å². The van der Waals surface area contributed by atoms with Crippen molar-refractivity contribution in [3.8, 4) is 6.07 Å². The minimum absolute atomic E-state index is 0.525. The number of hydrazine groups is 1. The zero-order valence-corrected chi connectivity index (χ0v) is 11.7. The standard InChI is InChI=1S/C14H13Cl2N3/c15-12-5-7-14(10-17,8-6-12)9-11-1-3-13(4-2-11)19(16)18/h1-7H,8-9,18H2. The average Bonchev–Trinajstić information content (AvgIpc) is 2.42. The van der Waals surface area contributed by atoms with Gasteiger partial charge in [-0.3, -0.25) is 0 Å². The molecule has 1 unspecified atom stereocenters. The lowest BCUT2D eigenvalue weighted by Crippen LogP contribution is -2.20. The molecule has 98 valence electrons. The van der Waals surface area contributed by atoms with Crippen molar-refractivity contribution in [2.24, 2.45) is 11.3 Å². The van der Waals surface area contributed by atoms with Crippen LogP contribution in [-0.2, 0) is 6.42 Å². The number of benzene rings is 1. The Labute approximate surface area is 122 Å². The van der Waals surface area contributed by atoms with Crippen LogP contribution in [0.25, 0.3) is 0 Å². The lowest BCUT2D eigenvalue weighted by Gasteiger charge is -2.24. The Bertz CT molecular complexity index is 555. The van der Waals surface area contributed by atoms with Crippen LogP contribution in [0.5, 0.6) is 0 Å². The molecule has 0 fully saturated rings. The molecule has 0 aromatic heterocycles. The summed E-state index contributed by atoms with van der Waals surface area (Å²) in [6, 6.07) is 9.86. The molecule has 0 heterocycles. The SMILES string of the molecule is N#CC1(Cc2ccc(N(N)Cl)cc2)C=CC(Cl)=CC1. The number of anilines is 1. The molecule has 0 amide bonds. The van der Waals surface area contributed by atoms with Crippen molar-refractivity contribution in [1.82, 2.24) is 0 Å². The third-order valence-electron chi connectivity index (χ3n) is 3.15. The summed E-state index contributed by atoms with van der Waals surface area (Å²) in [6.07, 6.45) is 6.79. The van der Waals surface area contributed by atoms with Crippen LogP contribution in [0.3, 0.4) is 0 Å². The maximum Gasteiger partial charge on any atom is 0.0832 e. The quantitative estimate of drug-likeness (QED) is 0.526. The van der Waals surface area contributed by atoms with Crippen LogP contribution in [0.15, 0.2) is 47.5 Å². The Kier molecular flexibility index (Phi) is 4.16. The van der Waals surface area contributed by atoms with Gasteiger partial charge in [-0.1, -0.05) is 35.9 Å². The smallest absolute Gasteiger partial charge is 0.0832 e. The third kappa shape index (κ3) is 3.30. The van der Waals surface area contributed by atoms with Gasteiger partial charge in [0, 0.05) is 16.8 Å². The fraction of sp³-hybridized carbons (Fsp3) is 0.214. The van der Waals surface area contributed by atoms with E-state index in [4.69, 9.17) is 29.2 Å². The predicted octanol–water partition coefficient (Wildman–Crippen LogP) is 3.66. The molecule has 0 saturated carbocycles. The van der Waals surface area contributed by atoms with Crippen LogP contribution < -0.4 is 10.4 Å². The molecule has 0 radical (unpaired) electrons. The van der Waals surface area contributed by atoms with Crippen molar-refractivity contribution in [1.29, 1.82) is 5.26 Å². The van der Waals surface area contributed by atoms with E-state index in [1.165, 1.54) is 0 Å². The monoisotopic (exact) mass is 293 g/mol. The molecule has 1 atom stereocenters. The normalized spacial score (nSPS) is 21.7. The number of nitriles is 1. The highest BCUT2D eigenvalue weighted by Crippen LogP contribution is 2.34. The average molecular weight is 294 g/mol. The predicted molar refractivity (Wildman–Crippen MR) is 78.4 cm³/mol. The zero-order chi connectivity index (χ0) is 13.9. The number of nitrogens with two attached hydrogens (primary N) is 1. The van der Waals surface area contributed by atoms with Gasteiger partial charge in [0.05, 0.1) is 17.2 Å². The maximum absolute atomic E-state index is 9.41. The summed E-state index contributed by atoms with van der Waals surface area (Å²) in [6.45, 7) is 0. The number of hydrogen-bond donors (Lipinski definition) is 1. The first-order chi connectivity index (χ1) is 9.04. The number of allylic oxidation sites excluding steroid dienone is 4. The summed E-state index contributed by atoms with van der Waals surface area (Å²) in [5, 5.41) is 10.1. The summed E-state index contributed by atoms with van der Waals surface area (Å²) in [7, 11) is 0. The largest absolute Gasteiger partial charge is 0.232 e. The molecule has 0 bridgehead atoms. The molecule has 3 nitrogen and oxygen atoms in total. The van der Waals surface area contributed by atoms with Gasteiger partial charge in [-0.15, -0.1) is 0 Å². The van der Waals surface area contributed by atoms with Crippen molar-refractivity contribution in [2.45, 2.75) is 12.8 Å². The van der Waals surface area contributed by atoms with E-state index in [1.54, 1.807) is 6.08 Å².